The molecule has 8 atom stereocenters. The van der Waals surface area contributed by atoms with Crippen LogP contribution in [0.3, 0.4) is 0 Å². The van der Waals surface area contributed by atoms with Crippen molar-refractivity contribution in [3.05, 3.63) is 117 Å². The van der Waals surface area contributed by atoms with Gasteiger partial charge in [-0.2, -0.15) is 0 Å². The van der Waals surface area contributed by atoms with Crippen LogP contribution in [0.4, 0.5) is 0 Å². The Morgan fingerprint density at radius 1 is 0.312 bits per heavy atom. The van der Waals surface area contributed by atoms with E-state index in [0.717, 1.165) is 0 Å². The van der Waals surface area contributed by atoms with Gasteiger partial charge < -0.3 is 0 Å². The fraction of sp³-hybridized carbons (Fsp3) is 0.364. The molecule has 8 unspecified atom stereocenters. The number of aromatic nitrogens is 4. The molecule has 8 heterocycles. The van der Waals surface area contributed by atoms with Gasteiger partial charge in [0.05, 0.1) is 6.07 Å². The highest BCUT2D eigenvalue weighted by Gasteiger charge is 2.47. The van der Waals surface area contributed by atoms with E-state index >= 15 is 0 Å². The largest absolute Gasteiger partial charge is 0.247 e. The lowest BCUT2D eigenvalue weighted by atomic mass is 9.71. The molecule has 8 aromatic heterocycles. The third-order valence-electron chi connectivity index (χ3n) is 15.1. The third kappa shape index (κ3) is 2.32. The lowest BCUT2D eigenvalue weighted by Crippen LogP contribution is -2.29. The first-order chi connectivity index (χ1) is 23.8. The summed E-state index contributed by atoms with van der Waals surface area (Å²) in [6.45, 7) is 0. The molecule has 0 saturated carbocycles. The molecule has 20 rings (SSSR count). The third-order valence-corrected chi connectivity index (χ3v) is 15.1. The van der Waals surface area contributed by atoms with E-state index in [1.165, 1.54) is 95.5 Å². The second-order valence-electron chi connectivity index (χ2n) is 16.9. The summed E-state index contributed by atoms with van der Waals surface area (Å²) in [6, 6.07) is 10.8. The van der Waals surface area contributed by atoms with Gasteiger partial charge >= 0.3 is 0 Å². The molecule has 4 heteroatoms. The minimum atomic E-state index is 0.501. The van der Waals surface area contributed by atoms with Gasteiger partial charge in [0.1, 0.15) is 22.1 Å². The van der Waals surface area contributed by atoms with Crippen molar-refractivity contribution < 1.29 is 9.03 Å². The average molecular weight is 621 g/mol. The Labute approximate surface area is 277 Å². The van der Waals surface area contributed by atoms with Crippen molar-refractivity contribution in [2.24, 2.45) is 0 Å². The highest BCUT2D eigenvalue weighted by Crippen LogP contribution is 2.55. The predicted molar refractivity (Wildman–Crippen MR) is 187 cm³/mol. The average Bonchev–Trinajstić information content (AvgIpc) is 3.89. The molecule has 0 amide bonds. The van der Waals surface area contributed by atoms with E-state index < -0.39 is 0 Å². The number of hydrogen-bond acceptors (Lipinski definition) is 0. The summed E-state index contributed by atoms with van der Waals surface area (Å²) in [6.07, 6.45) is 30.7. The molecular formula is C44H36N4+2. The monoisotopic (exact) mass is 620 g/mol. The SMILES string of the molecule is C1=CC2CCC1c1c2c2cc3c4c(c5cc6c7c(c8cc9c%10c(c(cc1n2[n+]86)n9[n+]35)C1C=CC%10CC1)C1C=CC7CC1)C1C=CC4CC1. The van der Waals surface area contributed by atoms with Gasteiger partial charge in [0.25, 0.3) is 0 Å². The number of nitrogens with zero attached hydrogens (tertiary/aromatic N) is 4. The van der Waals surface area contributed by atoms with Crippen LogP contribution in [-0.4, -0.2) is 9.03 Å². The molecule has 20 bridgehead atoms. The van der Waals surface area contributed by atoms with Crippen LogP contribution in [0.25, 0.3) is 44.1 Å². The van der Waals surface area contributed by atoms with Gasteiger partial charge in [-0.15, -0.1) is 9.03 Å². The summed E-state index contributed by atoms with van der Waals surface area (Å²) in [7, 11) is 0. The first-order valence-electron chi connectivity index (χ1n) is 19.1. The molecule has 0 radical (unpaired) electrons. The Bertz CT molecular complexity index is 2290. The van der Waals surface area contributed by atoms with E-state index in [-0.39, 0.29) is 0 Å². The van der Waals surface area contributed by atoms with Crippen molar-refractivity contribution in [2.75, 3.05) is 0 Å². The fourth-order valence-electron chi connectivity index (χ4n) is 13.3. The maximum absolute atomic E-state index is 2.77. The first-order valence-corrected chi connectivity index (χ1v) is 19.1. The van der Waals surface area contributed by atoms with Gasteiger partial charge in [-0.05, 0) is 79.7 Å². The highest BCUT2D eigenvalue weighted by atomic mass is 15.3. The molecule has 4 nitrogen and oxygen atoms in total. The Balaban J connectivity index is 1.36. The topological polar surface area (TPSA) is 17.0 Å². The van der Waals surface area contributed by atoms with Crippen LogP contribution in [-0.2, 0) is 0 Å². The summed E-state index contributed by atoms with van der Waals surface area (Å²) >= 11 is 0. The Hall–Kier alpha value is -4.44. The van der Waals surface area contributed by atoms with Crippen LogP contribution in [0.15, 0.2) is 72.9 Å². The second-order valence-corrected chi connectivity index (χ2v) is 16.9. The summed E-state index contributed by atoms with van der Waals surface area (Å²) in [5.74, 6) is 4.01. The minimum Gasteiger partial charge on any atom is -0.114 e. The number of fused-ring (bicyclic) bond motifs is 4. The van der Waals surface area contributed by atoms with Gasteiger partial charge in [0.2, 0.25) is 22.1 Å². The van der Waals surface area contributed by atoms with Crippen molar-refractivity contribution in [2.45, 2.75) is 98.7 Å². The summed E-state index contributed by atoms with van der Waals surface area (Å²) in [4.78, 5) is 0. The minimum absolute atomic E-state index is 0.501. The van der Waals surface area contributed by atoms with E-state index in [1.807, 2.05) is 0 Å². The molecule has 0 fully saturated rings. The Kier molecular flexibility index (Phi) is 3.68. The van der Waals surface area contributed by atoms with Crippen LogP contribution in [0.2, 0.25) is 0 Å². The number of allylic oxidation sites excluding steroid dienone is 8. The maximum atomic E-state index is 2.77. The van der Waals surface area contributed by atoms with Gasteiger partial charge in [0, 0.05) is 81.7 Å². The molecule has 0 spiro atoms. The van der Waals surface area contributed by atoms with E-state index in [2.05, 4.69) is 90.9 Å². The number of rotatable bonds is 0. The highest BCUT2D eigenvalue weighted by molar-refractivity contribution is 5.89. The molecule has 8 aromatic rings. The lowest BCUT2D eigenvalue weighted by molar-refractivity contribution is -0.562. The van der Waals surface area contributed by atoms with Crippen LogP contribution < -0.4 is 9.03 Å². The number of hydrogen-bond donors (Lipinski definition) is 0. The van der Waals surface area contributed by atoms with Crippen molar-refractivity contribution in [1.82, 2.24) is 9.03 Å². The standard InChI is InChI=1S/C44H36N4/c1-2-22-4-3-21(1)37-29-17-31-39-23-5-7-27(8-6-23)43(39)35-19-33-41-25-11-13-26(14-12-25)42(41)34-20-36-44-28-15-9-24(10-16-28)40(44)32(48(36)47(31)35)18-30(38(22)37)45(29)46(33)34/h1-2,5,7,9,11,13,15,17-28H,3-4,6,8,10,12,14,16H2/q+2. The molecule has 0 aromatic carbocycles. The van der Waals surface area contributed by atoms with Crippen LogP contribution in [0, 0.1) is 0 Å². The summed E-state index contributed by atoms with van der Waals surface area (Å²) < 4.78 is 11.1. The Morgan fingerprint density at radius 2 is 0.562 bits per heavy atom. The fourth-order valence-corrected chi connectivity index (χ4v) is 13.3. The zero-order valence-electron chi connectivity index (χ0n) is 27.0. The van der Waals surface area contributed by atoms with E-state index in [1.54, 1.807) is 44.5 Å². The van der Waals surface area contributed by atoms with E-state index in [0.29, 0.717) is 47.3 Å². The van der Waals surface area contributed by atoms with Gasteiger partial charge in [-0.25, -0.2) is 0 Å². The zero-order chi connectivity index (χ0) is 30.3. The van der Waals surface area contributed by atoms with Gasteiger partial charge in [-0.3, -0.25) is 0 Å². The molecule has 48 heavy (non-hydrogen) atoms. The zero-order valence-corrected chi connectivity index (χ0v) is 27.0. The van der Waals surface area contributed by atoms with Gasteiger partial charge in [-0.1, -0.05) is 57.6 Å². The van der Waals surface area contributed by atoms with Crippen molar-refractivity contribution >= 4 is 44.1 Å². The van der Waals surface area contributed by atoms with Crippen molar-refractivity contribution in [3.63, 3.8) is 0 Å². The molecule has 0 N–H and O–H groups in total. The lowest BCUT2D eigenvalue weighted by Gasteiger charge is -2.31. The maximum Gasteiger partial charge on any atom is 0.247 e. The Morgan fingerprint density at radius 3 is 0.854 bits per heavy atom. The van der Waals surface area contributed by atoms with E-state index in [4.69, 9.17) is 0 Å². The molecule has 0 saturated heterocycles. The van der Waals surface area contributed by atoms with E-state index in [9.17, 15) is 0 Å². The molecule has 12 aliphatic carbocycles. The molecule has 0 aliphatic heterocycles. The molecule has 230 valence electrons. The molecular weight excluding hydrogens is 585 g/mol. The van der Waals surface area contributed by atoms with Crippen molar-refractivity contribution in [1.29, 1.82) is 0 Å². The van der Waals surface area contributed by atoms with Crippen LogP contribution >= 0.6 is 0 Å². The summed E-state index contributed by atoms with van der Waals surface area (Å²) in [5, 5.41) is 0. The first kappa shape index (κ1) is 23.8. The van der Waals surface area contributed by atoms with Crippen molar-refractivity contribution in [3.8, 4) is 0 Å². The smallest absolute Gasteiger partial charge is 0.114 e. The predicted octanol–water partition coefficient (Wildman–Crippen LogP) is 8.97. The second kappa shape index (κ2) is 7.42. The van der Waals surface area contributed by atoms with Crippen LogP contribution in [0.5, 0.6) is 0 Å². The van der Waals surface area contributed by atoms with Crippen LogP contribution in [0.1, 0.15) is 143 Å². The summed E-state index contributed by atoms with van der Waals surface area (Å²) in [5.41, 5.74) is 24.7. The normalized spacial score (nSPS) is 32.8. The van der Waals surface area contributed by atoms with Gasteiger partial charge in [0.15, 0.2) is 0 Å². The molecule has 12 aliphatic rings. The quantitative estimate of drug-likeness (QED) is 0.119.